The van der Waals surface area contributed by atoms with E-state index in [1.165, 1.54) is 28.6 Å². The molecule has 1 aliphatic rings. The first kappa shape index (κ1) is 17.6. The number of carbonyl (C=O) groups excluding carboxylic acids is 2. The summed E-state index contributed by atoms with van der Waals surface area (Å²) in [6.07, 6.45) is 3.01. The van der Waals surface area contributed by atoms with Crippen LogP contribution in [0.3, 0.4) is 0 Å². The number of nitrogens with zero attached hydrogens (tertiary/aromatic N) is 3. The summed E-state index contributed by atoms with van der Waals surface area (Å²) >= 11 is 1.39. The zero-order valence-corrected chi connectivity index (χ0v) is 15.3. The summed E-state index contributed by atoms with van der Waals surface area (Å²) in [5.74, 6) is -1.72. The number of amides is 1. The predicted octanol–water partition coefficient (Wildman–Crippen LogP) is 3.64. The van der Waals surface area contributed by atoms with Gasteiger partial charge in [-0.05, 0) is 47.8 Å². The molecule has 0 spiro atoms. The molecule has 7 heteroatoms. The number of hydrogen-bond acceptors (Lipinski definition) is 6. The number of rotatable bonds is 3. The molecule has 1 aromatic carbocycles. The highest BCUT2D eigenvalue weighted by atomic mass is 32.1. The minimum atomic E-state index is -0.753. The Labute approximate surface area is 164 Å². The third-order valence-electron chi connectivity index (χ3n) is 4.49. The number of Topliss-reactive ketones (excluding diaryl/α,β-unsaturated/α-hetero) is 1. The molecule has 0 saturated carbocycles. The fourth-order valence-corrected chi connectivity index (χ4v) is 4.00. The molecule has 3 aromatic rings. The third kappa shape index (κ3) is 2.86. The Hall–Kier alpha value is -3.76. The number of benzene rings is 1. The molecule has 3 heterocycles. The molecule has 1 aliphatic heterocycles. The van der Waals surface area contributed by atoms with Gasteiger partial charge in [0.25, 0.3) is 11.7 Å². The van der Waals surface area contributed by atoms with Crippen molar-refractivity contribution in [3.8, 4) is 6.07 Å². The number of thiophene rings is 1. The average Bonchev–Trinajstić information content (AvgIpc) is 3.35. The predicted molar refractivity (Wildman–Crippen MR) is 104 cm³/mol. The van der Waals surface area contributed by atoms with Crippen LogP contribution in [-0.4, -0.2) is 21.8 Å². The van der Waals surface area contributed by atoms with Crippen LogP contribution in [0.5, 0.6) is 0 Å². The van der Waals surface area contributed by atoms with Gasteiger partial charge in [-0.3, -0.25) is 19.5 Å². The maximum atomic E-state index is 12.9. The van der Waals surface area contributed by atoms with Crippen molar-refractivity contribution in [3.05, 3.63) is 87.9 Å². The van der Waals surface area contributed by atoms with E-state index in [9.17, 15) is 14.7 Å². The molecular weight excluding hydrogens is 374 g/mol. The van der Waals surface area contributed by atoms with Crippen molar-refractivity contribution in [1.82, 2.24) is 4.98 Å². The fourth-order valence-electron chi connectivity index (χ4n) is 3.18. The smallest absolute Gasteiger partial charge is 0.300 e. The fraction of sp³-hybridized carbons (Fsp3) is 0.0476. The van der Waals surface area contributed by atoms with E-state index in [1.54, 1.807) is 36.4 Å². The van der Waals surface area contributed by atoms with Crippen molar-refractivity contribution in [1.29, 1.82) is 5.26 Å². The Morgan fingerprint density at radius 2 is 1.82 bits per heavy atom. The van der Waals surface area contributed by atoms with Crippen LogP contribution in [0.1, 0.15) is 22.0 Å². The van der Waals surface area contributed by atoms with Crippen LogP contribution in [0.2, 0.25) is 0 Å². The lowest BCUT2D eigenvalue weighted by molar-refractivity contribution is -0.132. The van der Waals surface area contributed by atoms with Crippen LogP contribution in [0.4, 0.5) is 5.69 Å². The zero-order valence-electron chi connectivity index (χ0n) is 14.4. The first-order valence-corrected chi connectivity index (χ1v) is 9.24. The molecule has 2 aromatic heterocycles. The van der Waals surface area contributed by atoms with Crippen molar-refractivity contribution in [2.24, 2.45) is 0 Å². The highest BCUT2D eigenvalue weighted by Gasteiger charge is 2.47. The maximum Gasteiger partial charge on any atom is 0.300 e. The minimum Gasteiger partial charge on any atom is -0.507 e. The maximum absolute atomic E-state index is 12.9. The number of anilines is 1. The quantitative estimate of drug-likeness (QED) is 0.421. The summed E-state index contributed by atoms with van der Waals surface area (Å²) in [5.41, 5.74) is 1.37. The zero-order chi connectivity index (χ0) is 19.7. The van der Waals surface area contributed by atoms with Crippen LogP contribution in [-0.2, 0) is 9.59 Å². The van der Waals surface area contributed by atoms with Gasteiger partial charge in [-0.25, -0.2) is 0 Å². The van der Waals surface area contributed by atoms with Gasteiger partial charge in [-0.15, -0.1) is 11.3 Å². The molecule has 4 rings (SSSR count). The highest BCUT2D eigenvalue weighted by molar-refractivity contribution is 7.10. The number of hydrogen-bond donors (Lipinski definition) is 1. The molecule has 6 nitrogen and oxygen atoms in total. The summed E-state index contributed by atoms with van der Waals surface area (Å²) in [5, 5.41) is 21.7. The summed E-state index contributed by atoms with van der Waals surface area (Å²) in [4.78, 5) is 31.8. The summed E-state index contributed by atoms with van der Waals surface area (Å²) in [7, 11) is 0. The molecule has 0 bridgehead atoms. The third-order valence-corrected chi connectivity index (χ3v) is 5.41. The average molecular weight is 387 g/mol. The van der Waals surface area contributed by atoms with Crippen molar-refractivity contribution in [3.63, 3.8) is 0 Å². The SMILES string of the molecule is N#Cc1ccc(N2C(=O)C(=O)/C(=C(\O)c3ccncc3)C2c2cccs2)cc1. The van der Waals surface area contributed by atoms with Gasteiger partial charge in [0, 0.05) is 28.5 Å². The Morgan fingerprint density at radius 1 is 1.11 bits per heavy atom. The molecular formula is C21H13N3O3S. The molecule has 136 valence electrons. The second-order valence-electron chi connectivity index (χ2n) is 6.08. The largest absolute Gasteiger partial charge is 0.507 e. The first-order chi connectivity index (χ1) is 13.6. The van der Waals surface area contributed by atoms with Crippen LogP contribution < -0.4 is 4.90 Å². The molecule has 0 radical (unpaired) electrons. The van der Waals surface area contributed by atoms with E-state index in [1.807, 2.05) is 23.6 Å². The summed E-state index contributed by atoms with van der Waals surface area (Å²) in [6.45, 7) is 0. The van der Waals surface area contributed by atoms with E-state index in [2.05, 4.69) is 4.98 Å². The molecule has 1 unspecified atom stereocenters. The Balaban J connectivity index is 1.91. The summed E-state index contributed by atoms with van der Waals surface area (Å²) in [6, 6.07) is 14.5. The van der Waals surface area contributed by atoms with Crippen LogP contribution in [0, 0.1) is 11.3 Å². The van der Waals surface area contributed by atoms with Gasteiger partial charge < -0.3 is 5.11 Å². The first-order valence-electron chi connectivity index (χ1n) is 8.37. The summed E-state index contributed by atoms with van der Waals surface area (Å²) < 4.78 is 0. The lowest BCUT2D eigenvalue weighted by Crippen LogP contribution is -2.29. The normalized spacial score (nSPS) is 18.2. The minimum absolute atomic E-state index is 0.0306. The van der Waals surface area contributed by atoms with Crippen molar-refractivity contribution in [2.75, 3.05) is 4.90 Å². The van der Waals surface area contributed by atoms with Crippen molar-refractivity contribution in [2.45, 2.75) is 6.04 Å². The molecule has 1 saturated heterocycles. The van der Waals surface area contributed by atoms with E-state index in [4.69, 9.17) is 5.26 Å². The number of pyridine rings is 1. The number of aliphatic hydroxyl groups is 1. The van der Waals surface area contributed by atoms with Gasteiger partial charge in [0.15, 0.2) is 0 Å². The van der Waals surface area contributed by atoms with E-state index in [0.717, 1.165) is 4.88 Å². The Morgan fingerprint density at radius 3 is 2.43 bits per heavy atom. The van der Waals surface area contributed by atoms with Crippen LogP contribution in [0.25, 0.3) is 5.76 Å². The van der Waals surface area contributed by atoms with E-state index < -0.39 is 17.7 Å². The number of ketones is 1. The standard InChI is InChI=1S/C21H13N3O3S/c22-12-13-3-5-15(6-4-13)24-18(16-2-1-11-28-16)17(20(26)21(24)27)19(25)14-7-9-23-10-8-14/h1-11,18,25H/b19-17-. The van der Waals surface area contributed by atoms with Gasteiger partial charge >= 0.3 is 0 Å². The van der Waals surface area contributed by atoms with Gasteiger partial charge in [-0.1, -0.05) is 6.07 Å². The van der Waals surface area contributed by atoms with Crippen LogP contribution in [0.15, 0.2) is 71.9 Å². The van der Waals surface area contributed by atoms with Gasteiger partial charge in [0.2, 0.25) is 0 Å². The topological polar surface area (TPSA) is 94.3 Å². The van der Waals surface area contributed by atoms with Gasteiger partial charge in [-0.2, -0.15) is 5.26 Å². The monoisotopic (exact) mass is 387 g/mol. The lowest BCUT2D eigenvalue weighted by Gasteiger charge is -2.24. The molecule has 1 atom stereocenters. The molecule has 0 aliphatic carbocycles. The van der Waals surface area contributed by atoms with Crippen molar-refractivity contribution >= 4 is 34.5 Å². The van der Waals surface area contributed by atoms with Gasteiger partial charge in [0.05, 0.1) is 17.2 Å². The molecule has 1 amide bonds. The Bertz CT molecular complexity index is 1110. The number of aromatic nitrogens is 1. The second-order valence-corrected chi connectivity index (χ2v) is 7.06. The van der Waals surface area contributed by atoms with E-state index in [0.29, 0.717) is 16.8 Å². The molecule has 28 heavy (non-hydrogen) atoms. The molecule has 1 N–H and O–H groups in total. The molecule has 1 fully saturated rings. The number of carbonyl (C=O) groups is 2. The van der Waals surface area contributed by atoms with E-state index >= 15 is 0 Å². The van der Waals surface area contributed by atoms with Crippen molar-refractivity contribution < 1.29 is 14.7 Å². The van der Waals surface area contributed by atoms with E-state index in [-0.39, 0.29) is 11.3 Å². The second kappa shape index (κ2) is 7.10. The lowest BCUT2D eigenvalue weighted by atomic mass is 10.0. The van der Waals surface area contributed by atoms with Crippen LogP contribution >= 0.6 is 11.3 Å². The van der Waals surface area contributed by atoms with Gasteiger partial charge in [0.1, 0.15) is 11.8 Å². The highest BCUT2D eigenvalue weighted by Crippen LogP contribution is 2.43. The Kier molecular flexibility index (Phi) is 4.47. The number of aliphatic hydroxyl groups excluding tert-OH is 1. The number of nitriles is 1.